The zero-order valence-corrected chi connectivity index (χ0v) is 8.00. The number of rotatable bonds is 5. The second kappa shape index (κ2) is 5.56. The van der Waals surface area contributed by atoms with Crippen LogP contribution < -0.4 is 0 Å². The lowest BCUT2D eigenvalue weighted by atomic mass is 9.93. The molecule has 0 aromatic carbocycles. The molecule has 0 aliphatic rings. The van der Waals surface area contributed by atoms with Gasteiger partial charge >= 0.3 is 0 Å². The van der Waals surface area contributed by atoms with Gasteiger partial charge < -0.3 is 9.84 Å². The lowest BCUT2D eigenvalue weighted by molar-refractivity contribution is 0.0539. The van der Waals surface area contributed by atoms with Gasteiger partial charge in [-0.1, -0.05) is 20.8 Å². The van der Waals surface area contributed by atoms with Gasteiger partial charge in [0, 0.05) is 13.7 Å². The average Bonchev–Trinajstić information content (AvgIpc) is 1.98. The third-order valence-corrected chi connectivity index (χ3v) is 2.04. The predicted octanol–water partition coefficient (Wildman–Crippen LogP) is 1.68. The van der Waals surface area contributed by atoms with E-state index in [1.165, 1.54) is 0 Å². The lowest BCUT2D eigenvalue weighted by Crippen LogP contribution is -2.24. The highest BCUT2D eigenvalue weighted by Crippen LogP contribution is 2.15. The maximum Gasteiger partial charge on any atom is 0.0589 e. The zero-order valence-electron chi connectivity index (χ0n) is 8.00. The third kappa shape index (κ3) is 4.38. The molecular formula is C9H20O2. The number of ether oxygens (including phenoxy) is 1. The summed E-state index contributed by atoms with van der Waals surface area (Å²) in [4.78, 5) is 0. The van der Waals surface area contributed by atoms with Crippen molar-refractivity contribution in [1.29, 1.82) is 0 Å². The Balaban J connectivity index is 3.55. The van der Waals surface area contributed by atoms with Gasteiger partial charge in [0.15, 0.2) is 0 Å². The van der Waals surface area contributed by atoms with Crippen molar-refractivity contribution in [2.24, 2.45) is 11.8 Å². The van der Waals surface area contributed by atoms with Gasteiger partial charge in [-0.3, -0.25) is 0 Å². The molecule has 0 fully saturated rings. The maximum atomic E-state index is 9.57. The van der Waals surface area contributed by atoms with Crippen LogP contribution in [0.1, 0.15) is 27.2 Å². The van der Waals surface area contributed by atoms with Crippen molar-refractivity contribution >= 4 is 0 Å². The van der Waals surface area contributed by atoms with Gasteiger partial charge in [0.25, 0.3) is 0 Å². The van der Waals surface area contributed by atoms with Gasteiger partial charge in [-0.25, -0.2) is 0 Å². The number of aliphatic hydroxyl groups excluding tert-OH is 1. The van der Waals surface area contributed by atoms with Crippen molar-refractivity contribution in [2.45, 2.75) is 33.3 Å². The quantitative estimate of drug-likeness (QED) is 0.663. The molecule has 0 spiro atoms. The topological polar surface area (TPSA) is 29.5 Å². The van der Waals surface area contributed by atoms with Crippen molar-refractivity contribution < 1.29 is 9.84 Å². The molecule has 0 aliphatic heterocycles. The van der Waals surface area contributed by atoms with Crippen LogP contribution >= 0.6 is 0 Å². The van der Waals surface area contributed by atoms with E-state index in [4.69, 9.17) is 4.74 Å². The van der Waals surface area contributed by atoms with Crippen LogP contribution in [0, 0.1) is 11.8 Å². The van der Waals surface area contributed by atoms with Gasteiger partial charge in [0.1, 0.15) is 0 Å². The highest BCUT2D eigenvalue weighted by molar-refractivity contribution is 4.67. The fraction of sp³-hybridized carbons (Fsp3) is 1.00. The summed E-state index contributed by atoms with van der Waals surface area (Å²) in [7, 11) is 1.69. The Hall–Kier alpha value is -0.0800. The summed E-state index contributed by atoms with van der Waals surface area (Å²) in [5.41, 5.74) is 0. The highest BCUT2D eigenvalue weighted by atomic mass is 16.5. The summed E-state index contributed by atoms with van der Waals surface area (Å²) < 4.78 is 4.93. The number of hydrogen-bond acceptors (Lipinski definition) is 2. The number of aliphatic hydroxyl groups is 1. The Morgan fingerprint density at radius 2 is 1.82 bits per heavy atom. The van der Waals surface area contributed by atoms with E-state index in [1.807, 2.05) is 13.8 Å². The minimum absolute atomic E-state index is 0.190. The smallest absolute Gasteiger partial charge is 0.0589 e. The Morgan fingerprint density at radius 3 is 2.18 bits per heavy atom. The summed E-state index contributed by atoms with van der Waals surface area (Å²) in [6.07, 6.45) is 0.751. The standard InChI is InChI=1S/C9H20O2/c1-7(2)9(10)8(3)5-6-11-4/h7-10H,5-6H2,1-4H3. The molecular weight excluding hydrogens is 140 g/mol. The van der Waals surface area contributed by atoms with Crippen molar-refractivity contribution in [1.82, 2.24) is 0 Å². The van der Waals surface area contributed by atoms with Crippen LogP contribution in [0.2, 0.25) is 0 Å². The van der Waals surface area contributed by atoms with Crippen molar-refractivity contribution in [3.63, 3.8) is 0 Å². The van der Waals surface area contributed by atoms with Crippen LogP contribution in [0.4, 0.5) is 0 Å². The monoisotopic (exact) mass is 160 g/mol. The zero-order chi connectivity index (χ0) is 8.85. The van der Waals surface area contributed by atoms with E-state index in [9.17, 15) is 5.11 Å². The molecule has 2 nitrogen and oxygen atoms in total. The highest BCUT2D eigenvalue weighted by Gasteiger charge is 2.16. The van der Waals surface area contributed by atoms with E-state index in [0.717, 1.165) is 13.0 Å². The first-order valence-corrected chi connectivity index (χ1v) is 4.26. The minimum Gasteiger partial charge on any atom is -0.393 e. The Kier molecular flexibility index (Phi) is 5.51. The van der Waals surface area contributed by atoms with Gasteiger partial charge in [0.05, 0.1) is 6.10 Å². The van der Waals surface area contributed by atoms with Crippen LogP contribution in [0.5, 0.6) is 0 Å². The Bertz CT molecular complexity index is 91.6. The van der Waals surface area contributed by atoms with Crippen LogP contribution in [-0.2, 0) is 4.74 Å². The van der Waals surface area contributed by atoms with E-state index in [0.29, 0.717) is 11.8 Å². The van der Waals surface area contributed by atoms with E-state index in [2.05, 4.69) is 6.92 Å². The molecule has 11 heavy (non-hydrogen) atoms. The molecule has 0 aliphatic carbocycles. The normalized spacial score (nSPS) is 16.9. The SMILES string of the molecule is COCCC(C)C(O)C(C)C. The predicted molar refractivity (Wildman–Crippen MR) is 46.5 cm³/mol. The van der Waals surface area contributed by atoms with Crippen molar-refractivity contribution in [2.75, 3.05) is 13.7 Å². The number of methoxy groups -OCH3 is 1. The minimum atomic E-state index is -0.190. The summed E-state index contributed by atoms with van der Waals surface area (Å²) in [5.74, 6) is 0.691. The summed E-state index contributed by atoms with van der Waals surface area (Å²) in [5, 5.41) is 9.57. The third-order valence-electron chi connectivity index (χ3n) is 2.04. The van der Waals surface area contributed by atoms with Gasteiger partial charge in [-0.15, -0.1) is 0 Å². The molecule has 0 aromatic rings. The molecule has 0 amide bonds. The molecule has 0 saturated heterocycles. The second-order valence-electron chi connectivity index (χ2n) is 3.49. The summed E-state index contributed by atoms with van der Waals surface area (Å²) in [6.45, 7) is 6.87. The lowest BCUT2D eigenvalue weighted by Gasteiger charge is -2.21. The second-order valence-corrected chi connectivity index (χ2v) is 3.49. The van der Waals surface area contributed by atoms with Crippen LogP contribution in [0.25, 0.3) is 0 Å². The molecule has 0 saturated carbocycles. The van der Waals surface area contributed by atoms with Crippen molar-refractivity contribution in [3.05, 3.63) is 0 Å². The molecule has 0 radical (unpaired) electrons. The maximum absolute atomic E-state index is 9.57. The first kappa shape index (κ1) is 10.9. The Morgan fingerprint density at radius 1 is 1.27 bits per heavy atom. The molecule has 2 atom stereocenters. The summed E-state index contributed by atoms with van der Waals surface area (Å²) in [6, 6.07) is 0. The molecule has 0 heterocycles. The first-order chi connectivity index (χ1) is 5.09. The van der Waals surface area contributed by atoms with E-state index in [-0.39, 0.29) is 6.10 Å². The van der Waals surface area contributed by atoms with E-state index < -0.39 is 0 Å². The molecule has 2 unspecified atom stereocenters. The molecule has 0 rings (SSSR count). The van der Waals surface area contributed by atoms with Crippen LogP contribution in [-0.4, -0.2) is 24.9 Å². The molecule has 0 aromatic heterocycles. The molecule has 1 N–H and O–H groups in total. The fourth-order valence-electron chi connectivity index (χ4n) is 1.13. The van der Waals surface area contributed by atoms with Crippen LogP contribution in [0.15, 0.2) is 0 Å². The largest absolute Gasteiger partial charge is 0.393 e. The number of hydrogen-bond donors (Lipinski definition) is 1. The Labute approximate surface area is 69.6 Å². The summed E-state index contributed by atoms with van der Waals surface area (Å²) >= 11 is 0. The molecule has 68 valence electrons. The molecule has 2 heteroatoms. The van der Waals surface area contributed by atoms with Crippen LogP contribution in [0.3, 0.4) is 0 Å². The van der Waals surface area contributed by atoms with Gasteiger partial charge in [-0.05, 0) is 18.3 Å². The first-order valence-electron chi connectivity index (χ1n) is 4.26. The fourth-order valence-corrected chi connectivity index (χ4v) is 1.13. The van der Waals surface area contributed by atoms with E-state index in [1.54, 1.807) is 7.11 Å². The van der Waals surface area contributed by atoms with Gasteiger partial charge in [0.2, 0.25) is 0 Å². The van der Waals surface area contributed by atoms with E-state index >= 15 is 0 Å². The van der Waals surface area contributed by atoms with Gasteiger partial charge in [-0.2, -0.15) is 0 Å². The average molecular weight is 160 g/mol. The van der Waals surface area contributed by atoms with Crippen molar-refractivity contribution in [3.8, 4) is 0 Å². The molecule has 0 bridgehead atoms.